The van der Waals surface area contributed by atoms with Crippen molar-refractivity contribution >= 4 is 17.1 Å². The van der Waals surface area contributed by atoms with Gasteiger partial charge in [0.25, 0.3) is 5.91 Å². The molecule has 0 unspecified atom stereocenters. The van der Waals surface area contributed by atoms with E-state index >= 15 is 0 Å². The summed E-state index contributed by atoms with van der Waals surface area (Å²) < 4.78 is 16.3. The molecule has 6 nitrogen and oxygen atoms in total. The largest absolute Gasteiger partial charge is 0.367 e. The number of hydrogen-bond acceptors (Lipinski definition) is 4. The number of amides is 1. The van der Waals surface area contributed by atoms with Crippen molar-refractivity contribution in [3.8, 4) is 0 Å². The van der Waals surface area contributed by atoms with Crippen molar-refractivity contribution < 1.29 is 9.18 Å². The Morgan fingerprint density at radius 3 is 2.88 bits per heavy atom. The molecule has 0 bridgehead atoms. The molecular formula is C26H26FN5O. The van der Waals surface area contributed by atoms with Crippen LogP contribution in [0.1, 0.15) is 24.1 Å². The van der Waals surface area contributed by atoms with E-state index in [-0.39, 0.29) is 11.6 Å². The lowest BCUT2D eigenvalue weighted by molar-refractivity contribution is -0.122. The number of allylic oxidation sites excluding steroid dienone is 6. The normalized spacial score (nSPS) is 27.3. The van der Waals surface area contributed by atoms with Gasteiger partial charge in [0.15, 0.2) is 11.5 Å². The number of fused-ring (bicyclic) bond motifs is 3. The minimum atomic E-state index is -0.408. The van der Waals surface area contributed by atoms with Crippen LogP contribution in [-0.4, -0.2) is 62.2 Å². The lowest BCUT2D eigenvalue weighted by Crippen LogP contribution is -2.49. The van der Waals surface area contributed by atoms with Crippen LogP contribution in [-0.2, 0) is 4.79 Å². The van der Waals surface area contributed by atoms with Crippen LogP contribution < -0.4 is 0 Å². The summed E-state index contributed by atoms with van der Waals surface area (Å²) >= 11 is 0. The number of piperazine rings is 1. The lowest BCUT2D eigenvalue weighted by atomic mass is 10.0. The fourth-order valence-corrected chi connectivity index (χ4v) is 5.26. The Balaban J connectivity index is 1.31. The molecule has 2 aromatic rings. The van der Waals surface area contributed by atoms with Gasteiger partial charge in [-0.25, -0.2) is 9.37 Å². The highest BCUT2D eigenvalue weighted by atomic mass is 19.1. The van der Waals surface area contributed by atoms with Gasteiger partial charge < -0.3 is 9.30 Å². The molecule has 2 saturated heterocycles. The SMILES string of the molecule is Cc1cn2cc(C3=C\C(=O)N4C=C(N5CCN6CCC[C@@H]6C5)C=C\C4=C/C=C/3)cc(F)c2n1. The number of pyridine rings is 1. The van der Waals surface area contributed by atoms with Crippen molar-refractivity contribution in [1.29, 1.82) is 0 Å². The van der Waals surface area contributed by atoms with Crippen LogP contribution in [0.3, 0.4) is 0 Å². The van der Waals surface area contributed by atoms with Crippen LogP contribution in [0.2, 0.25) is 0 Å². The number of nitrogens with zero attached hydrogens (tertiary/aromatic N) is 5. The summed E-state index contributed by atoms with van der Waals surface area (Å²) in [6.45, 7) is 6.08. The Morgan fingerprint density at radius 1 is 1.09 bits per heavy atom. The summed E-state index contributed by atoms with van der Waals surface area (Å²) in [4.78, 5) is 24.2. The van der Waals surface area contributed by atoms with E-state index in [1.807, 2.05) is 43.6 Å². The number of carbonyl (C=O) groups excluding carboxylic acids is 1. The predicted molar refractivity (Wildman–Crippen MR) is 125 cm³/mol. The van der Waals surface area contributed by atoms with E-state index in [1.165, 1.54) is 25.5 Å². The van der Waals surface area contributed by atoms with Crippen LogP contribution in [0.25, 0.3) is 11.2 Å². The number of aryl methyl sites for hydroxylation is 1. The molecule has 4 aliphatic rings. The number of imidazole rings is 1. The zero-order valence-electron chi connectivity index (χ0n) is 18.6. The molecule has 0 N–H and O–H groups in total. The average molecular weight is 444 g/mol. The predicted octanol–water partition coefficient (Wildman–Crippen LogP) is 3.64. The summed E-state index contributed by atoms with van der Waals surface area (Å²) in [5.41, 5.74) is 4.21. The third-order valence-corrected chi connectivity index (χ3v) is 6.94. The van der Waals surface area contributed by atoms with E-state index in [1.54, 1.807) is 21.6 Å². The molecule has 6 heterocycles. The molecule has 2 fully saturated rings. The molecule has 6 rings (SSSR count). The van der Waals surface area contributed by atoms with E-state index in [2.05, 4.69) is 20.9 Å². The first-order chi connectivity index (χ1) is 16.0. The fraction of sp³-hybridized carbons (Fsp3) is 0.308. The van der Waals surface area contributed by atoms with Crippen molar-refractivity contribution in [1.82, 2.24) is 24.1 Å². The van der Waals surface area contributed by atoms with E-state index in [4.69, 9.17) is 0 Å². The average Bonchev–Trinajstić information content (AvgIpc) is 3.42. The Hall–Kier alpha value is -3.45. The highest BCUT2D eigenvalue weighted by Crippen LogP contribution is 2.29. The smallest absolute Gasteiger partial charge is 0.255 e. The number of hydrogen-bond donors (Lipinski definition) is 0. The highest BCUT2D eigenvalue weighted by Gasteiger charge is 2.32. The van der Waals surface area contributed by atoms with Gasteiger partial charge in [-0.1, -0.05) is 12.2 Å². The molecule has 0 radical (unpaired) electrons. The quantitative estimate of drug-likeness (QED) is 0.711. The molecule has 0 saturated carbocycles. The highest BCUT2D eigenvalue weighted by molar-refractivity contribution is 5.99. The van der Waals surface area contributed by atoms with Gasteiger partial charge in [0.2, 0.25) is 0 Å². The molecule has 0 spiro atoms. The van der Waals surface area contributed by atoms with Gasteiger partial charge in [-0.05, 0) is 56.2 Å². The summed E-state index contributed by atoms with van der Waals surface area (Å²) in [6, 6.07) is 2.05. The molecule has 2 aromatic heterocycles. The second-order valence-corrected chi connectivity index (χ2v) is 9.11. The van der Waals surface area contributed by atoms with Crippen LogP contribution in [0.5, 0.6) is 0 Å². The van der Waals surface area contributed by atoms with Gasteiger partial charge >= 0.3 is 0 Å². The Bertz CT molecular complexity index is 1300. The van der Waals surface area contributed by atoms with Crippen molar-refractivity contribution in [2.24, 2.45) is 0 Å². The molecule has 168 valence electrons. The van der Waals surface area contributed by atoms with E-state index in [0.29, 0.717) is 17.2 Å². The first-order valence-electron chi connectivity index (χ1n) is 11.5. The number of carbonyl (C=O) groups is 1. The second kappa shape index (κ2) is 7.85. The van der Waals surface area contributed by atoms with Gasteiger partial charge in [0, 0.05) is 61.6 Å². The molecule has 1 amide bonds. The maximum absolute atomic E-state index is 14.6. The first kappa shape index (κ1) is 20.2. The molecule has 0 aliphatic carbocycles. The monoisotopic (exact) mass is 443 g/mol. The maximum atomic E-state index is 14.6. The molecule has 1 atom stereocenters. The summed E-state index contributed by atoms with van der Waals surface area (Å²) in [7, 11) is 0. The maximum Gasteiger partial charge on any atom is 0.255 e. The fourth-order valence-electron chi connectivity index (χ4n) is 5.26. The van der Waals surface area contributed by atoms with E-state index < -0.39 is 5.82 Å². The molecule has 33 heavy (non-hydrogen) atoms. The Labute approximate surface area is 192 Å². The van der Waals surface area contributed by atoms with Crippen LogP contribution in [0.4, 0.5) is 4.39 Å². The van der Waals surface area contributed by atoms with E-state index in [9.17, 15) is 9.18 Å². The lowest BCUT2D eigenvalue weighted by Gasteiger charge is -2.40. The minimum Gasteiger partial charge on any atom is -0.367 e. The number of rotatable bonds is 2. The van der Waals surface area contributed by atoms with Crippen LogP contribution >= 0.6 is 0 Å². The van der Waals surface area contributed by atoms with Crippen molar-refractivity contribution in [3.05, 3.63) is 89.6 Å². The molecule has 0 aromatic carbocycles. The first-order valence-corrected chi connectivity index (χ1v) is 11.5. The van der Waals surface area contributed by atoms with Crippen LogP contribution in [0.15, 0.2) is 72.5 Å². The minimum absolute atomic E-state index is 0.149. The Kier molecular flexibility index (Phi) is 4.80. The summed E-state index contributed by atoms with van der Waals surface area (Å²) in [6.07, 6.45) is 19.4. The number of aromatic nitrogens is 2. The second-order valence-electron chi connectivity index (χ2n) is 9.11. The standard InChI is InChI=1S/C26H26FN5O/c1-18-14-31-15-20(12-24(27)26(31)28-18)19-4-2-5-21-7-8-23(17-32(21)25(33)13-19)30-11-10-29-9-3-6-22(29)16-30/h2,4-5,7-8,12-15,17,22H,3,6,9-11,16H2,1H3/b4-2+,19-13+,21-5+/t22-/m1/s1. The summed E-state index contributed by atoms with van der Waals surface area (Å²) in [5, 5.41) is 0. The Morgan fingerprint density at radius 2 is 1.97 bits per heavy atom. The molecule has 4 aliphatic heterocycles. The zero-order chi connectivity index (χ0) is 22.5. The van der Waals surface area contributed by atoms with Gasteiger partial charge in [-0.3, -0.25) is 14.6 Å². The third-order valence-electron chi connectivity index (χ3n) is 6.94. The topological polar surface area (TPSA) is 44.1 Å². The van der Waals surface area contributed by atoms with Crippen molar-refractivity contribution in [3.63, 3.8) is 0 Å². The zero-order valence-corrected chi connectivity index (χ0v) is 18.6. The molecule has 7 heteroatoms. The van der Waals surface area contributed by atoms with Gasteiger partial charge in [0.05, 0.1) is 11.4 Å². The van der Waals surface area contributed by atoms with Gasteiger partial charge in [-0.15, -0.1) is 0 Å². The van der Waals surface area contributed by atoms with E-state index in [0.717, 1.165) is 36.7 Å². The van der Waals surface area contributed by atoms with Gasteiger partial charge in [0.1, 0.15) is 0 Å². The van der Waals surface area contributed by atoms with Gasteiger partial charge in [-0.2, -0.15) is 0 Å². The van der Waals surface area contributed by atoms with Crippen LogP contribution in [0, 0.1) is 12.7 Å². The van der Waals surface area contributed by atoms with Crippen molar-refractivity contribution in [2.75, 3.05) is 26.2 Å². The van der Waals surface area contributed by atoms with Crippen molar-refractivity contribution in [2.45, 2.75) is 25.8 Å². The summed E-state index contributed by atoms with van der Waals surface area (Å²) in [5.74, 6) is -0.556. The third kappa shape index (κ3) is 3.62. The molecular weight excluding hydrogens is 417 g/mol. The number of halogens is 1.